The van der Waals surface area contributed by atoms with Crippen LogP contribution in [0.15, 0.2) is 0 Å². The minimum absolute atomic E-state index is 0.0167. The summed E-state index contributed by atoms with van der Waals surface area (Å²) in [5.74, 6) is 1.55. The van der Waals surface area contributed by atoms with Crippen molar-refractivity contribution in [3.8, 4) is 0 Å². The smallest absolute Gasteiger partial charge is 0.257 e. The van der Waals surface area contributed by atoms with Crippen LogP contribution >= 0.6 is 0 Å². The Kier molecular flexibility index (Phi) is 6.56. The molecule has 2 saturated carbocycles. The minimum atomic E-state index is -5.72. The molecule has 2 rings (SSSR count). The van der Waals surface area contributed by atoms with Gasteiger partial charge in [0.1, 0.15) is 12.3 Å². The maximum absolute atomic E-state index is 14.1. The molecule has 3 nitrogen and oxygen atoms in total. The van der Waals surface area contributed by atoms with Crippen LogP contribution in [-0.2, 0) is 14.3 Å². The molecule has 142 valence electrons. The van der Waals surface area contributed by atoms with Gasteiger partial charge in [-0.05, 0) is 37.0 Å². The Balaban J connectivity index is 1.76. The van der Waals surface area contributed by atoms with Gasteiger partial charge in [-0.15, -0.1) is 0 Å². The fourth-order valence-corrected chi connectivity index (χ4v) is 4.50. The maximum atomic E-state index is 14.1. The van der Waals surface area contributed by atoms with Gasteiger partial charge in [-0.25, -0.2) is 4.39 Å². The van der Waals surface area contributed by atoms with Gasteiger partial charge < -0.3 is 0 Å². The molecule has 0 spiro atoms. The van der Waals surface area contributed by atoms with Gasteiger partial charge in [-0.2, -0.15) is 21.6 Å². The third kappa shape index (κ3) is 5.31. The van der Waals surface area contributed by atoms with E-state index < -0.39 is 27.9 Å². The molecule has 0 saturated heterocycles. The third-order valence-electron chi connectivity index (χ3n) is 5.47. The van der Waals surface area contributed by atoms with Crippen molar-refractivity contribution >= 4 is 10.1 Å². The van der Waals surface area contributed by atoms with Crippen molar-refractivity contribution in [1.82, 2.24) is 0 Å². The zero-order valence-corrected chi connectivity index (χ0v) is 14.7. The van der Waals surface area contributed by atoms with Gasteiger partial charge in [0, 0.05) is 0 Å². The molecule has 3 atom stereocenters. The zero-order valence-electron chi connectivity index (χ0n) is 13.9. The second-order valence-electron chi connectivity index (χ2n) is 7.43. The first kappa shape index (κ1) is 19.9. The van der Waals surface area contributed by atoms with E-state index in [0.717, 1.165) is 18.8 Å². The number of rotatable bonds is 5. The van der Waals surface area contributed by atoms with E-state index in [-0.39, 0.29) is 18.8 Å². The molecular weight excluding hydrogens is 348 g/mol. The van der Waals surface area contributed by atoms with Crippen molar-refractivity contribution in [2.24, 2.45) is 17.8 Å². The summed E-state index contributed by atoms with van der Waals surface area (Å²) in [6.45, 7) is 2.25. The average Bonchev–Trinajstić information content (AvgIpc) is 2.48. The van der Waals surface area contributed by atoms with Crippen LogP contribution < -0.4 is 0 Å². The highest BCUT2D eigenvalue weighted by atomic mass is 32.2. The van der Waals surface area contributed by atoms with Crippen molar-refractivity contribution in [3.05, 3.63) is 0 Å². The standard InChI is InChI=1S/C16H26F4O3S/c1-11-2-4-12(5-3-11)6-7-13-8-9-15(14(17)10-13)23-24(21,22)16(18,19)20/h11-15H,2-10H2,1H3. The quantitative estimate of drug-likeness (QED) is 0.388. The summed E-state index contributed by atoms with van der Waals surface area (Å²) in [7, 11) is -5.72. The number of alkyl halides is 4. The number of hydrogen-bond donors (Lipinski definition) is 0. The first-order valence-electron chi connectivity index (χ1n) is 8.72. The van der Waals surface area contributed by atoms with Crippen molar-refractivity contribution in [2.45, 2.75) is 82.5 Å². The summed E-state index contributed by atoms with van der Waals surface area (Å²) < 4.78 is 77.1. The predicted octanol–water partition coefficient (Wildman–Crippen LogP) is 4.97. The van der Waals surface area contributed by atoms with E-state index >= 15 is 0 Å². The van der Waals surface area contributed by atoms with Crippen LogP contribution in [0.1, 0.15) is 64.7 Å². The molecule has 0 amide bonds. The summed E-state index contributed by atoms with van der Waals surface area (Å²) in [5, 5.41) is 0. The molecule has 2 aliphatic carbocycles. The summed E-state index contributed by atoms with van der Waals surface area (Å²) in [6, 6.07) is 0. The fourth-order valence-electron chi connectivity index (χ4n) is 3.85. The SMILES string of the molecule is CC1CCC(CCC2CCC(OS(=O)(=O)C(F)(F)F)C(F)C2)CC1. The van der Waals surface area contributed by atoms with Crippen molar-refractivity contribution in [1.29, 1.82) is 0 Å². The molecule has 0 aromatic carbocycles. The topological polar surface area (TPSA) is 43.4 Å². The highest BCUT2D eigenvalue weighted by Crippen LogP contribution is 2.38. The lowest BCUT2D eigenvalue weighted by Gasteiger charge is -2.33. The number of hydrogen-bond acceptors (Lipinski definition) is 3. The minimum Gasteiger partial charge on any atom is -0.257 e. The lowest BCUT2D eigenvalue weighted by molar-refractivity contribution is -0.0636. The second-order valence-corrected chi connectivity index (χ2v) is 9.00. The van der Waals surface area contributed by atoms with E-state index in [0.29, 0.717) is 12.3 Å². The Morgan fingerprint density at radius 2 is 1.50 bits per heavy atom. The van der Waals surface area contributed by atoms with E-state index in [1.54, 1.807) is 0 Å². The summed E-state index contributed by atoms with van der Waals surface area (Å²) in [6.07, 6.45) is 4.18. The molecule has 24 heavy (non-hydrogen) atoms. The van der Waals surface area contributed by atoms with Crippen molar-refractivity contribution in [2.75, 3.05) is 0 Å². The van der Waals surface area contributed by atoms with Crippen molar-refractivity contribution < 1.29 is 30.2 Å². The van der Waals surface area contributed by atoms with Crippen LogP contribution in [0.3, 0.4) is 0 Å². The molecule has 3 unspecified atom stereocenters. The van der Waals surface area contributed by atoms with Crippen LogP contribution in [0.5, 0.6) is 0 Å². The molecule has 2 aliphatic rings. The van der Waals surface area contributed by atoms with Crippen LogP contribution in [0.25, 0.3) is 0 Å². The zero-order chi connectivity index (χ0) is 18.0. The van der Waals surface area contributed by atoms with Gasteiger partial charge >= 0.3 is 15.6 Å². The van der Waals surface area contributed by atoms with Crippen LogP contribution in [0.2, 0.25) is 0 Å². The normalized spacial score (nSPS) is 35.8. The van der Waals surface area contributed by atoms with Crippen molar-refractivity contribution in [3.63, 3.8) is 0 Å². The van der Waals surface area contributed by atoms with E-state index in [1.807, 2.05) is 0 Å². The van der Waals surface area contributed by atoms with Gasteiger partial charge in [0.15, 0.2) is 0 Å². The van der Waals surface area contributed by atoms with Gasteiger partial charge in [0.2, 0.25) is 0 Å². The fraction of sp³-hybridized carbons (Fsp3) is 1.00. The largest absolute Gasteiger partial charge is 0.523 e. The van der Waals surface area contributed by atoms with Gasteiger partial charge in [0.05, 0.1) is 0 Å². The first-order chi connectivity index (χ1) is 11.1. The predicted molar refractivity (Wildman–Crippen MR) is 82.4 cm³/mol. The van der Waals surface area contributed by atoms with Gasteiger partial charge in [-0.1, -0.05) is 45.4 Å². The molecule has 0 N–H and O–H groups in total. The van der Waals surface area contributed by atoms with E-state index in [1.165, 1.54) is 25.7 Å². The summed E-state index contributed by atoms with van der Waals surface area (Å²) >= 11 is 0. The lowest BCUT2D eigenvalue weighted by Crippen LogP contribution is -2.38. The Morgan fingerprint density at radius 3 is 2.04 bits per heavy atom. The third-order valence-corrected chi connectivity index (χ3v) is 6.54. The Bertz CT molecular complexity index is 498. The number of halogens is 4. The first-order valence-corrected chi connectivity index (χ1v) is 10.1. The van der Waals surface area contributed by atoms with E-state index in [2.05, 4.69) is 11.1 Å². The molecule has 0 heterocycles. The lowest BCUT2D eigenvalue weighted by atomic mass is 9.77. The second kappa shape index (κ2) is 7.89. The highest BCUT2D eigenvalue weighted by Gasteiger charge is 2.50. The molecule has 0 aromatic heterocycles. The van der Waals surface area contributed by atoms with Gasteiger partial charge in [-0.3, -0.25) is 4.18 Å². The highest BCUT2D eigenvalue weighted by molar-refractivity contribution is 7.87. The summed E-state index contributed by atoms with van der Waals surface area (Å²) in [4.78, 5) is 0. The van der Waals surface area contributed by atoms with Gasteiger partial charge in [0.25, 0.3) is 0 Å². The Hall–Kier alpha value is -0.370. The van der Waals surface area contributed by atoms with Crippen LogP contribution in [-0.4, -0.2) is 26.2 Å². The van der Waals surface area contributed by atoms with Crippen LogP contribution in [0, 0.1) is 17.8 Å². The molecule has 0 radical (unpaired) electrons. The maximum Gasteiger partial charge on any atom is 0.523 e. The molecular formula is C16H26F4O3S. The van der Waals surface area contributed by atoms with Crippen LogP contribution in [0.4, 0.5) is 17.6 Å². The molecule has 0 aliphatic heterocycles. The van der Waals surface area contributed by atoms with E-state index in [4.69, 9.17) is 0 Å². The molecule has 0 bridgehead atoms. The Morgan fingerprint density at radius 1 is 0.958 bits per heavy atom. The summed E-state index contributed by atoms with van der Waals surface area (Å²) in [5.41, 5.74) is -5.50. The Labute approximate surface area is 141 Å². The molecule has 2 fully saturated rings. The monoisotopic (exact) mass is 374 g/mol. The van der Waals surface area contributed by atoms with E-state index in [9.17, 15) is 26.0 Å². The average molecular weight is 374 g/mol. The molecule has 8 heteroatoms. The molecule has 0 aromatic rings.